The van der Waals surface area contributed by atoms with Crippen LogP contribution in [0.5, 0.6) is 0 Å². The maximum absolute atomic E-state index is 13.4. The van der Waals surface area contributed by atoms with Crippen molar-refractivity contribution in [2.24, 2.45) is 0 Å². The molecule has 2 heterocycles. The van der Waals surface area contributed by atoms with E-state index in [9.17, 15) is 4.39 Å². The van der Waals surface area contributed by atoms with E-state index in [1.165, 1.54) is 11.1 Å². The number of piperidine rings is 1. The van der Waals surface area contributed by atoms with E-state index in [4.69, 9.17) is 4.74 Å². The molecule has 0 aromatic heterocycles. The number of nitrogens with zero attached hydrogens (tertiary/aromatic N) is 1. The summed E-state index contributed by atoms with van der Waals surface area (Å²) < 4.78 is 19.5. The van der Waals surface area contributed by atoms with E-state index in [0.717, 1.165) is 38.0 Å². The van der Waals surface area contributed by atoms with Gasteiger partial charge < -0.3 is 4.74 Å². The van der Waals surface area contributed by atoms with Gasteiger partial charge in [-0.1, -0.05) is 36.4 Å². The summed E-state index contributed by atoms with van der Waals surface area (Å²) in [5.41, 5.74) is 3.40. The van der Waals surface area contributed by atoms with Crippen LogP contribution >= 0.6 is 0 Å². The number of likely N-dealkylation sites (tertiary alicyclic amines) is 1. The summed E-state index contributed by atoms with van der Waals surface area (Å²) >= 11 is 0. The smallest absolute Gasteiger partial charge is 0.123 e. The first-order chi connectivity index (χ1) is 10.8. The molecule has 0 bridgehead atoms. The summed E-state index contributed by atoms with van der Waals surface area (Å²) in [6, 6.07) is 15.7. The second-order valence-electron chi connectivity index (χ2n) is 6.35. The Morgan fingerprint density at radius 3 is 2.59 bits per heavy atom. The lowest BCUT2D eigenvalue weighted by Gasteiger charge is -2.39. The van der Waals surface area contributed by atoms with Crippen molar-refractivity contribution in [2.45, 2.75) is 31.6 Å². The molecule has 0 amide bonds. The van der Waals surface area contributed by atoms with Gasteiger partial charge in [-0.2, -0.15) is 0 Å². The summed E-state index contributed by atoms with van der Waals surface area (Å²) in [5.74, 6) is -0.166. The van der Waals surface area contributed by atoms with Crippen LogP contribution in [0.3, 0.4) is 0 Å². The maximum Gasteiger partial charge on any atom is 0.123 e. The summed E-state index contributed by atoms with van der Waals surface area (Å²) in [6.45, 7) is 3.58. The number of halogens is 1. The van der Waals surface area contributed by atoms with Gasteiger partial charge in [0, 0.05) is 19.6 Å². The van der Waals surface area contributed by atoms with E-state index in [1.807, 2.05) is 6.07 Å². The highest BCUT2D eigenvalue weighted by molar-refractivity contribution is 5.36. The van der Waals surface area contributed by atoms with Gasteiger partial charge in [-0.25, -0.2) is 4.39 Å². The zero-order valence-electron chi connectivity index (χ0n) is 12.6. The van der Waals surface area contributed by atoms with E-state index in [0.29, 0.717) is 6.61 Å². The van der Waals surface area contributed by atoms with E-state index in [1.54, 1.807) is 12.1 Å². The van der Waals surface area contributed by atoms with E-state index < -0.39 is 0 Å². The van der Waals surface area contributed by atoms with E-state index >= 15 is 0 Å². The van der Waals surface area contributed by atoms with Gasteiger partial charge in [-0.15, -0.1) is 0 Å². The minimum atomic E-state index is -0.184. The van der Waals surface area contributed by atoms with Crippen LogP contribution < -0.4 is 0 Å². The Morgan fingerprint density at radius 1 is 1.05 bits per heavy atom. The minimum absolute atomic E-state index is 0.166. The Morgan fingerprint density at radius 2 is 1.82 bits per heavy atom. The van der Waals surface area contributed by atoms with Crippen molar-refractivity contribution in [3.05, 3.63) is 71.0 Å². The van der Waals surface area contributed by atoms with Crippen molar-refractivity contribution in [3.8, 4) is 0 Å². The summed E-state index contributed by atoms with van der Waals surface area (Å²) in [6.07, 6.45) is 1.97. The second-order valence-corrected chi connectivity index (χ2v) is 6.35. The fraction of sp³-hybridized carbons (Fsp3) is 0.368. The van der Waals surface area contributed by atoms with Crippen LogP contribution in [0.1, 0.15) is 29.5 Å². The summed E-state index contributed by atoms with van der Waals surface area (Å²) in [5, 5.41) is 0. The first-order valence-corrected chi connectivity index (χ1v) is 7.94. The standard InChI is InChI=1S/C19H20FNO/c20-17-6-7-18-16(12-17)14-22-19(18)8-10-21(11-9-19)13-15-4-2-1-3-5-15/h1-7,12H,8-11,13-14H2. The van der Waals surface area contributed by atoms with Crippen molar-refractivity contribution >= 4 is 0 Å². The summed E-state index contributed by atoms with van der Waals surface area (Å²) in [4.78, 5) is 2.48. The Hall–Kier alpha value is -1.71. The van der Waals surface area contributed by atoms with Gasteiger partial charge in [0.15, 0.2) is 0 Å². The number of rotatable bonds is 2. The number of hydrogen-bond acceptors (Lipinski definition) is 2. The third-order valence-corrected chi connectivity index (χ3v) is 4.97. The van der Waals surface area contributed by atoms with Gasteiger partial charge >= 0.3 is 0 Å². The first kappa shape index (κ1) is 13.9. The van der Waals surface area contributed by atoms with Crippen molar-refractivity contribution in [3.63, 3.8) is 0 Å². The first-order valence-electron chi connectivity index (χ1n) is 7.94. The molecule has 114 valence electrons. The highest BCUT2D eigenvalue weighted by atomic mass is 19.1. The maximum atomic E-state index is 13.4. The highest BCUT2D eigenvalue weighted by Crippen LogP contribution is 2.44. The molecule has 2 aromatic carbocycles. The average molecular weight is 297 g/mol. The SMILES string of the molecule is Fc1ccc2c(c1)COC21CCN(Cc2ccccc2)CC1. The van der Waals surface area contributed by atoms with Crippen molar-refractivity contribution in [1.82, 2.24) is 4.90 Å². The molecular weight excluding hydrogens is 277 g/mol. The molecule has 1 saturated heterocycles. The van der Waals surface area contributed by atoms with Gasteiger partial charge in [0.2, 0.25) is 0 Å². The Balaban J connectivity index is 1.47. The average Bonchev–Trinajstić information content (AvgIpc) is 2.89. The number of ether oxygens (including phenoxy) is 1. The topological polar surface area (TPSA) is 12.5 Å². The molecule has 2 aliphatic rings. The molecule has 0 atom stereocenters. The predicted octanol–water partition coefficient (Wildman–Crippen LogP) is 3.85. The minimum Gasteiger partial charge on any atom is -0.365 e. The molecule has 0 N–H and O–H groups in total. The summed E-state index contributed by atoms with van der Waals surface area (Å²) in [7, 11) is 0. The van der Waals surface area contributed by atoms with Crippen LogP contribution in [-0.2, 0) is 23.5 Å². The Bertz CT molecular complexity index is 662. The molecule has 2 nitrogen and oxygen atoms in total. The van der Waals surface area contributed by atoms with Gasteiger partial charge in [0.1, 0.15) is 5.82 Å². The molecule has 0 radical (unpaired) electrons. The molecule has 1 spiro atoms. The normalized spacial score (nSPS) is 20.2. The largest absolute Gasteiger partial charge is 0.365 e. The van der Waals surface area contributed by atoms with Crippen molar-refractivity contribution < 1.29 is 9.13 Å². The lowest BCUT2D eigenvalue weighted by atomic mass is 9.83. The zero-order chi connectivity index (χ0) is 15.0. The fourth-order valence-electron chi connectivity index (χ4n) is 3.75. The van der Waals surface area contributed by atoms with Crippen LogP contribution in [-0.4, -0.2) is 18.0 Å². The molecule has 0 unspecified atom stereocenters. The van der Waals surface area contributed by atoms with E-state index in [-0.39, 0.29) is 11.4 Å². The zero-order valence-corrected chi connectivity index (χ0v) is 12.6. The molecule has 1 fully saturated rings. The predicted molar refractivity (Wildman–Crippen MR) is 83.8 cm³/mol. The van der Waals surface area contributed by atoms with Gasteiger partial charge in [0.05, 0.1) is 12.2 Å². The van der Waals surface area contributed by atoms with Gasteiger partial charge in [-0.05, 0) is 41.7 Å². The van der Waals surface area contributed by atoms with Gasteiger partial charge in [0.25, 0.3) is 0 Å². The number of benzene rings is 2. The third kappa shape index (κ3) is 2.44. The number of fused-ring (bicyclic) bond motifs is 2. The third-order valence-electron chi connectivity index (χ3n) is 4.97. The quantitative estimate of drug-likeness (QED) is 0.835. The highest BCUT2D eigenvalue weighted by Gasteiger charge is 2.42. The van der Waals surface area contributed by atoms with Crippen LogP contribution in [0.15, 0.2) is 48.5 Å². The molecule has 0 saturated carbocycles. The lowest BCUT2D eigenvalue weighted by Crippen LogP contribution is -2.42. The molecule has 2 aliphatic heterocycles. The second kappa shape index (κ2) is 5.49. The fourth-order valence-corrected chi connectivity index (χ4v) is 3.75. The monoisotopic (exact) mass is 297 g/mol. The molecule has 2 aromatic rings. The van der Waals surface area contributed by atoms with Crippen LogP contribution in [0.25, 0.3) is 0 Å². The van der Waals surface area contributed by atoms with E-state index in [2.05, 4.69) is 35.2 Å². The molecular formula is C19H20FNO. The van der Waals surface area contributed by atoms with Gasteiger partial charge in [-0.3, -0.25) is 4.90 Å². The van der Waals surface area contributed by atoms with Crippen LogP contribution in [0.2, 0.25) is 0 Å². The molecule has 3 heteroatoms. The van der Waals surface area contributed by atoms with Crippen LogP contribution in [0.4, 0.5) is 4.39 Å². The Labute approximate surface area is 130 Å². The van der Waals surface area contributed by atoms with Crippen molar-refractivity contribution in [2.75, 3.05) is 13.1 Å². The lowest BCUT2D eigenvalue weighted by molar-refractivity contribution is -0.0799. The molecule has 4 rings (SSSR count). The van der Waals surface area contributed by atoms with Crippen molar-refractivity contribution in [1.29, 1.82) is 0 Å². The Kier molecular flexibility index (Phi) is 3.47. The molecule has 0 aliphatic carbocycles. The number of hydrogen-bond donors (Lipinski definition) is 0. The molecule has 22 heavy (non-hydrogen) atoms. The van der Waals surface area contributed by atoms with Crippen LogP contribution in [0, 0.1) is 5.82 Å².